The molecule has 19 heavy (non-hydrogen) atoms. The van der Waals surface area contributed by atoms with Crippen molar-refractivity contribution in [3.63, 3.8) is 0 Å². The standard InChI is InChI=1S/C6H14O9P2.2Na/c7-1-3(9)6(15-17(11,12)13)4(10)2(8)5(1)14-16;;/h1-10H,16H2,(H2,11,12,13);;/q;2*+1/p-1/t1-,2+,3-,4-,5?,6?;;/m1../s1. The molecule has 9 nitrogen and oxygen atoms in total. The van der Waals surface area contributed by atoms with Gasteiger partial charge in [0.1, 0.15) is 36.6 Å². The summed E-state index contributed by atoms with van der Waals surface area (Å²) in [6, 6.07) is 0. The van der Waals surface area contributed by atoms with Crippen molar-refractivity contribution in [3.8, 4) is 0 Å². The Labute approximate surface area is 155 Å². The summed E-state index contributed by atoms with van der Waals surface area (Å²) in [5.74, 6) is 0. The zero-order valence-corrected chi connectivity index (χ0v) is 16.4. The molecule has 13 heteroatoms. The Morgan fingerprint density at radius 3 is 1.53 bits per heavy atom. The summed E-state index contributed by atoms with van der Waals surface area (Å²) in [4.78, 5) is 19.0. The van der Waals surface area contributed by atoms with Crippen molar-refractivity contribution >= 4 is 17.3 Å². The molecule has 0 aromatic carbocycles. The minimum absolute atomic E-state index is 0. The van der Waals surface area contributed by atoms with E-state index in [0.717, 1.165) is 0 Å². The van der Waals surface area contributed by atoms with Crippen molar-refractivity contribution in [2.45, 2.75) is 36.6 Å². The molecule has 8 atom stereocenters. The Kier molecular flexibility index (Phi) is 11.8. The van der Waals surface area contributed by atoms with Crippen LogP contribution in [0.25, 0.3) is 0 Å². The zero-order chi connectivity index (χ0) is 13.4. The number of phosphoric ester groups is 1. The van der Waals surface area contributed by atoms with Gasteiger partial charge < -0.3 is 39.3 Å². The van der Waals surface area contributed by atoms with E-state index in [1.54, 1.807) is 9.47 Å². The smallest absolute Gasteiger partial charge is 0.756 e. The normalized spacial score (nSPS) is 41.6. The van der Waals surface area contributed by atoms with Crippen LogP contribution in [0.3, 0.4) is 0 Å². The van der Waals surface area contributed by atoms with E-state index in [9.17, 15) is 29.9 Å². The first-order chi connectivity index (χ1) is 7.69. The Bertz CT molecular complexity index is 299. The second kappa shape index (κ2) is 9.47. The van der Waals surface area contributed by atoms with Gasteiger partial charge in [-0.2, -0.15) is 0 Å². The molecule has 0 aliphatic heterocycles. The summed E-state index contributed by atoms with van der Waals surface area (Å²) in [7, 11) is -3.50. The van der Waals surface area contributed by atoms with Crippen molar-refractivity contribution in [1.82, 2.24) is 0 Å². The third-order valence-corrected chi connectivity index (χ3v) is 3.28. The number of aliphatic hydroxyl groups excluding tert-OH is 4. The quantitative estimate of drug-likeness (QED) is 0.249. The number of aliphatic hydroxyl groups is 4. The molecule has 0 bridgehead atoms. The van der Waals surface area contributed by atoms with Gasteiger partial charge >= 0.3 is 59.1 Å². The topological polar surface area (TPSA) is 160 Å². The molecule has 0 radical (unpaired) electrons. The molecule has 1 rings (SSSR count). The molecule has 0 saturated heterocycles. The minimum Gasteiger partial charge on any atom is -0.756 e. The van der Waals surface area contributed by atoms with Gasteiger partial charge in [-0.05, 0) is 0 Å². The fourth-order valence-electron chi connectivity index (χ4n) is 1.62. The maximum atomic E-state index is 10.5. The molecule has 5 N–H and O–H groups in total. The third kappa shape index (κ3) is 6.15. The van der Waals surface area contributed by atoms with Crippen LogP contribution in [-0.2, 0) is 13.6 Å². The predicted molar refractivity (Wildman–Crippen MR) is 53.3 cm³/mol. The number of hydrogen-bond acceptors (Lipinski definition) is 8. The Morgan fingerprint density at radius 2 is 1.26 bits per heavy atom. The summed E-state index contributed by atoms with van der Waals surface area (Å²) in [6.45, 7) is 0. The van der Waals surface area contributed by atoms with Gasteiger partial charge in [0.2, 0.25) is 0 Å². The van der Waals surface area contributed by atoms with Crippen LogP contribution in [0, 0.1) is 0 Å². The molecule has 0 amide bonds. The van der Waals surface area contributed by atoms with Crippen molar-refractivity contribution < 1.29 is 103 Å². The predicted octanol–water partition coefficient (Wildman–Crippen LogP) is -9.53. The van der Waals surface area contributed by atoms with E-state index in [1.807, 2.05) is 0 Å². The van der Waals surface area contributed by atoms with Crippen LogP contribution in [0.15, 0.2) is 0 Å². The van der Waals surface area contributed by atoms with Crippen LogP contribution in [0.5, 0.6) is 0 Å². The summed E-state index contributed by atoms with van der Waals surface area (Å²) >= 11 is 0. The molecule has 1 aliphatic carbocycles. The maximum absolute atomic E-state index is 10.5. The second-order valence-electron chi connectivity index (χ2n) is 3.60. The number of rotatable bonds is 3. The van der Waals surface area contributed by atoms with Crippen LogP contribution in [-0.4, -0.2) is 61.9 Å². The van der Waals surface area contributed by atoms with Crippen molar-refractivity contribution in [1.29, 1.82) is 0 Å². The minimum atomic E-state index is -5.23. The monoisotopic (exact) mass is 337 g/mol. The van der Waals surface area contributed by atoms with Gasteiger partial charge in [0.25, 0.3) is 7.82 Å². The van der Waals surface area contributed by atoms with Gasteiger partial charge in [0, 0.05) is 9.47 Å². The number of hydrogen-bond donors (Lipinski definition) is 5. The van der Waals surface area contributed by atoms with Gasteiger partial charge in [-0.3, -0.25) is 4.57 Å². The van der Waals surface area contributed by atoms with Crippen molar-refractivity contribution in [3.05, 3.63) is 0 Å². The molecule has 0 heterocycles. The summed E-state index contributed by atoms with van der Waals surface area (Å²) in [5.41, 5.74) is 0. The summed E-state index contributed by atoms with van der Waals surface area (Å²) in [6.07, 6.45) is -10.3. The van der Waals surface area contributed by atoms with Crippen LogP contribution in [0.1, 0.15) is 0 Å². The average molecular weight is 337 g/mol. The van der Waals surface area contributed by atoms with E-state index in [1.165, 1.54) is 0 Å². The van der Waals surface area contributed by atoms with Crippen LogP contribution in [0.4, 0.5) is 0 Å². The van der Waals surface area contributed by atoms with E-state index < -0.39 is 44.4 Å². The van der Waals surface area contributed by atoms with E-state index in [-0.39, 0.29) is 59.1 Å². The summed E-state index contributed by atoms with van der Waals surface area (Å²) in [5, 5.41) is 37.9. The zero-order valence-electron chi connectivity index (χ0n) is 10.4. The first-order valence-electron chi connectivity index (χ1n) is 4.49. The second-order valence-corrected chi connectivity index (χ2v) is 5.02. The molecule has 0 aromatic heterocycles. The largest absolute Gasteiger partial charge is 1.00 e. The molecule has 1 aliphatic rings. The first-order valence-corrected chi connectivity index (χ1v) is 6.45. The summed E-state index contributed by atoms with van der Waals surface area (Å²) < 4.78 is 19.1. The SMILES string of the molecule is O=P([O-])(O)OC1[C@H](O)[C@H](O)C(OP)[C@H](O)[C@H]1O.[Na+].[Na+]. The van der Waals surface area contributed by atoms with E-state index in [0.29, 0.717) is 0 Å². The molecule has 4 unspecified atom stereocenters. The molecular weight excluding hydrogens is 324 g/mol. The maximum Gasteiger partial charge on any atom is 1.00 e. The van der Waals surface area contributed by atoms with E-state index in [4.69, 9.17) is 4.89 Å². The number of phosphoric acid groups is 1. The van der Waals surface area contributed by atoms with Crippen LogP contribution < -0.4 is 64.0 Å². The van der Waals surface area contributed by atoms with Gasteiger partial charge in [-0.15, -0.1) is 0 Å². The first kappa shape index (κ1) is 23.6. The third-order valence-electron chi connectivity index (χ3n) is 2.46. The van der Waals surface area contributed by atoms with Gasteiger partial charge in [-0.25, -0.2) is 0 Å². The fraction of sp³-hybridized carbons (Fsp3) is 1.00. The Hall–Kier alpha value is 2.34. The van der Waals surface area contributed by atoms with Crippen molar-refractivity contribution in [2.75, 3.05) is 0 Å². The molecular formula is C6H13Na2O9P2+. The van der Waals surface area contributed by atoms with E-state index >= 15 is 0 Å². The van der Waals surface area contributed by atoms with Gasteiger partial charge in [0.05, 0.1) is 0 Å². The Morgan fingerprint density at radius 1 is 0.947 bits per heavy atom. The van der Waals surface area contributed by atoms with Gasteiger partial charge in [-0.1, -0.05) is 0 Å². The molecule has 102 valence electrons. The Balaban J connectivity index is 0. The van der Waals surface area contributed by atoms with Crippen molar-refractivity contribution in [2.24, 2.45) is 0 Å². The van der Waals surface area contributed by atoms with Crippen LogP contribution in [0.2, 0.25) is 0 Å². The molecule has 1 saturated carbocycles. The average Bonchev–Trinajstić information content (AvgIpc) is 2.21. The van der Waals surface area contributed by atoms with Gasteiger partial charge in [0.15, 0.2) is 0 Å². The van der Waals surface area contributed by atoms with Crippen LogP contribution >= 0.6 is 17.3 Å². The molecule has 0 spiro atoms. The molecule has 0 aromatic rings. The fourth-order valence-corrected chi connectivity index (χ4v) is 2.50. The molecule has 1 fully saturated rings. The van der Waals surface area contributed by atoms with E-state index in [2.05, 4.69) is 9.05 Å².